The summed E-state index contributed by atoms with van der Waals surface area (Å²) in [5.41, 5.74) is 10.7. The van der Waals surface area contributed by atoms with Crippen LogP contribution in [0.15, 0.2) is 53.4 Å². The number of nitrogens with one attached hydrogen (secondary N) is 2. The van der Waals surface area contributed by atoms with Crippen molar-refractivity contribution in [3.05, 3.63) is 53.4 Å². The summed E-state index contributed by atoms with van der Waals surface area (Å²) < 4.78 is 16.3. The third-order valence-electron chi connectivity index (χ3n) is 7.40. The molecule has 1 aliphatic rings. The Balaban J connectivity index is 1.32. The molecule has 1 amide bonds. The van der Waals surface area contributed by atoms with Crippen LogP contribution in [-0.2, 0) is 4.79 Å². The average molecular weight is 606 g/mol. The van der Waals surface area contributed by atoms with E-state index in [0.29, 0.717) is 33.9 Å². The van der Waals surface area contributed by atoms with Crippen molar-refractivity contribution < 1.29 is 19.0 Å². The van der Waals surface area contributed by atoms with Crippen molar-refractivity contribution in [2.75, 3.05) is 37.7 Å². The number of benzene rings is 2. The maximum Gasteiger partial charge on any atom is 0.228 e. The summed E-state index contributed by atoms with van der Waals surface area (Å²) in [6.07, 6.45) is 2.20. The molecule has 9 nitrogen and oxygen atoms in total. The van der Waals surface area contributed by atoms with Gasteiger partial charge in [-0.2, -0.15) is 0 Å². The Labute approximate surface area is 253 Å². The van der Waals surface area contributed by atoms with Crippen LogP contribution in [0.1, 0.15) is 27.7 Å². The van der Waals surface area contributed by atoms with Crippen molar-refractivity contribution in [1.29, 1.82) is 0 Å². The van der Waals surface area contributed by atoms with Crippen molar-refractivity contribution in [3.8, 4) is 38.4 Å². The average Bonchev–Trinajstić information content (AvgIpc) is 3.29. The third kappa shape index (κ3) is 5.79. The zero-order valence-electron chi connectivity index (χ0n) is 24.7. The van der Waals surface area contributed by atoms with E-state index in [1.165, 1.54) is 28.2 Å². The lowest BCUT2D eigenvalue weighted by Gasteiger charge is -2.14. The Bertz CT molecular complexity index is 1630. The number of hydrogen-bond donors (Lipinski definition) is 3. The fraction of sp³-hybridized carbons (Fsp3) is 0.323. The molecule has 42 heavy (non-hydrogen) atoms. The van der Waals surface area contributed by atoms with E-state index in [4.69, 9.17) is 24.9 Å². The summed E-state index contributed by atoms with van der Waals surface area (Å²) in [6.45, 7) is 8.43. The van der Waals surface area contributed by atoms with Gasteiger partial charge in [0.2, 0.25) is 11.7 Å². The number of nitrogens with zero attached hydrogens (tertiary/aromatic N) is 2. The molecular weight excluding hydrogens is 571 g/mol. The first-order valence-electron chi connectivity index (χ1n) is 13.4. The second-order valence-corrected chi connectivity index (χ2v) is 12.8. The first-order chi connectivity index (χ1) is 20.0. The van der Waals surface area contributed by atoms with Gasteiger partial charge in [0.15, 0.2) is 16.6 Å². The Morgan fingerprint density at radius 2 is 1.74 bits per heavy atom. The molecule has 4 N–H and O–H groups in total. The molecule has 2 aromatic heterocycles. The van der Waals surface area contributed by atoms with Gasteiger partial charge in [-0.1, -0.05) is 49.0 Å². The number of methoxy groups -OCH3 is 3. The summed E-state index contributed by atoms with van der Waals surface area (Å²) in [4.78, 5) is 23.2. The van der Waals surface area contributed by atoms with Gasteiger partial charge < -0.3 is 30.6 Å². The molecule has 11 heteroatoms. The Morgan fingerprint density at radius 3 is 2.38 bits per heavy atom. The van der Waals surface area contributed by atoms with E-state index in [9.17, 15) is 4.79 Å². The molecule has 4 aromatic rings. The number of amides is 1. The Morgan fingerprint density at radius 1 is 1.02 bits per heavy atom. The quantitative estimate of drug-likeness (QED) is 0.159. The smallest absolute Gasteiger partial charge is 0.228 e. The van der Waals surface area contributed by atoms with E-state index >= 15 is 0 Å². The molecule has 1 aliphatic carbocycles. The minimum absolute atomic E-state index is 0.0425. The van der Waals surface area contributed by atoms with E-state index in [2.05, 4.69) is 49.4 Å². The molecular formula is C31H35N5O4S2. The zero-order chi connectivity index (χ0) is 30.2. The zero-order valence-corrected chi connectivity index (χ0v) is 26.3. The Kier molecular flexibility index (Phi) is 8.16. The van der Waals surface area contributed by atoms with Gasteiger partial charge in [-0.25, -0.2) is 9.97 Å². The van der Waals surface area contributed by atoms with Gasteiger partial charge >= 0.3 is 0 Å². The SMILES string of the molecule is COc1cc(Nc2nc(N)c(-c3nc(-c4cccc(NC(=O)C5C(C=C(C)C)C5(C)C)c4)cs3)s2)cc(OC)c1OC. The van der Waals surface area contributed by atoms with Crippen molar-refractivity contribution in [3.63, 3.8) is 0 Å². The van der Waals surface area contributed by atoms with Crippen LogP contribution in [0.4, 0.5) is 22.3 Å². The fourth-order valence-corrected chi connectivity index (χ4v) is 6.98. The molecule has 0 aliphatic heterocycles. The number of thiazole rings is 2. The maximum absolute atomic E-state index is 13.1. The molecule has 2 unspecified atom stereocenters. The summed E-state index contributed by atoms with van der Waals surface area (Å²) >= 11 is 2.89. The van der Waals surface area contributed by atoms with Crippen LogP contribution >= 0.6 is 22.7 Å². The first kappa shape index (κ1) is 29.4. The molecule has 220 valence electrons. The first-order valence-corrected chi connectivity index (χ1v) is 15.1. The number of nitrogens with two attached hydrogens (primary N) is 1. The van der Waals surface area contributed by atoms with E-state index in [1.54, 1.807) is 33.5 Å². The summed E-state index contributed by atoms with van der Waals surface area (Å²) in [5, 5.41) is 9.74. The second-order valence-electron chi connectivity index (χ2n) is 10.9. The lowest BCUT2D eigenvalue weighted by atomic mass is 10.1. The molecule has 2 heterocycles. The van der Waals surface area contributed by atoms with Gasteiger partial charge in [0.05, 0.1) is 32.9 Å². The van der Waals surface area contributed by atoms with E-state index in [0.717, 1.165) is 26.8 Å². The standard InChI is InChI=1S/C31H35N5O4S2/c1-16(2)11-20-24(31(20,3)4)28(37)33-18-10-8-9-17(12-18)21-15-41-29(35-21)26-27(32)36-30(42-26)34-19-13-22(38-5)25(40-7)23(14-19)39-6/h8-15,20,24H,32H2,1-7H3,(H,33,37)(H,34,36). The van der Waals surface area contributed by atoms with Crippen LogP contribution in [0.5, 0.6) is 17.2 Å². The van der Waals surface area contributed by atoms with Crippen LogP contribution in [0.2, 0.25) is 0 Å². The van der Waals surface area contributed by atoms with E-state index < -0.39 is 0 Å². The predicted octanol–water partition coefficient (Wildman–Crippen LogP) is 7.46. The van der Waals surface area contributed by atoms with Crippen LogP contribution in [-0.4, -0.2) is 37.2 Å². The number of rotatable bonds is 10. The van der Waals surface area contributed by atoms with Gasteiger partial charge in [-0.05, 0) is 37.3 Å². The van der Waals surface area contributed by atoms with Crippen molar-refractivity contribution in [1.82, 2.24) is 9.97 Å². The molecule has 2 aromatic carbocycles. The van der Waals surface area contributed by atoms with Gasteiger partial charge in [-0.15, -0.1) is 11.3 Å². The number of nitrogen functional groups attached to an aromatic ring is 1. The number of aromatic nitrogens is 2. The number of allylic oxidation sites excluding steroid dienone is 2. The Hall–Kier alpha value is -4.09. The highest BCUT2D eigenvalue weighted by molar-refractivity contribution is 7.23. The van der Waals surface area contributed by atoms with Gasteiger partial charge in [-0.3, -0.25) is 4.79 Å². The van der Waals surface area contributed by atoms with Crippen LogP contribution < -0.4 is 30.6 Å². The number of hydrogen-bond acceptors (Lipinski definition) is 10. The summed E-state index contributed by atoms with van der Waals surface area (Å²) in [7, 11) is 4.70. The minimum Gasteiger partial charge on any atom is -0.493 e. The molecule has 1 saturated carbocycles. The maximum atomic E-state index is 13.1. The lowest BCUT2D eigenvalue weighted by molar-refractivity contribution is -0.118. The van der Waals surface area contributed by atoms with E-state index in [1.807, 2.05) is 29.6 Å². The van der Waals surface area contributed by atoms with Crippen LogP contribution in [0.3, 0.4) is 0 Å². The number of carbonyl (C=O) groups is 1. The van der Waals surface area contributed by atoms with Gasteiger partial charge in [0.1, 0.15) is 15.7 Å². The van der Waals surface area contributed by atoms with Gasteiger partial charge in [0.25, 0.3) is 0 Å². The topological polar surface area (TPSA) is 121 Å². The highest BCUT2D eigenvalue weighted by Crippen LogP contribution is 2.59. The van der Waals surface area contributed by atoms with Crippen molar-refractivity contribution in [2.45, 2.75) is 27.7 Å². The fourth-order valence-electron chi connectivity index (χ4n) is 5.15. The lowest BCUT2D eigenvalue weighted by Crippen LogP contribution is -2.16. The highest BCUT2D eigenvalue weighted by atomic mass is 32.1. The van der Waals surface area contributed by atoms with Crippen LogP contribution in [0.25, 0.3) is 21.1 Å². The molecule has 1 fully saturated rings. The summed E-state index contributed by atoms with van der Waals surface area (Å²) in [5.74, 6) is 2.20. The summed E-state index contributed by atoms with van der Waals surface area (Å²) in [6, 6.07) is 11.4. The molecule has 0 spiro atoms. The molecule has 0 saturated heterocycles. The highest BCUT2D eigenvalue weighted by Gasteiger charge is 2.60. The largest absolute Gasteiger partial charge is 0.493 e. The predicted molar refractivity (Wildman–Crippen MR) is 171 cm³/mol. The third-order valence-corrected chi connectivity index (χ3v) is 9.38. The molecule has 2 atom stereocenters. The number of anilines is 4. The van der Waals surface area contributed by atoms with Crippen molar-refractivity contribution in [2.24, 2.45) is 17.3 Å². The number of carbonyl (C=O) groups excluding carboxylic acids is 1. The second kappa shape index (κ2) is 11.7. The molecule has 0 radical (unpaired) electrons. The van der Waals surface area contributed by atoms with Crippen LogP contribution in [0, 0.1) is 17.3 Å². The monoisotopic (exact) mass is 605 g/mol. The molecule has 0 bridgehead atoms. The molecule has 5 rings (SSSR count). The van der Waals surface area contributed by atoms with Crippen molar-refractivity contribution >= 4 is 50.9 Å². The minimum atomic E-state index is -0.0450. The normalized spacial score (nSPS) is 16.8. The van der Waals surface area contributed by atoms with Gasteiger partial charge in [0, 0.05) is 34.5 Å². The number of ether oxygens (including phenoxy) is 3. The van der Waals surface area contributed by atoms with E-state index in [-0.39, 0.29) is 23.2 Å².